The van der Waals surface area contributed by atoms with Crippen molar-refractivity contribution in [2.75, 3.05) is 0 Å². The first-order valence-corrected chi connectivity index (χ1v) is 6.95. The molecule has 1 aromatic heterocycles. The van der Waals surface area contributed by atoms with Crippen molar-refractivity contribution < 1.29 is 9.66 Å². The number of ether oxygens (including phenoxy) is 1. The van der Waals surface area contributed by atoms with Gasteiger partial charge in [0.25, 0.3) is 0 Å². The van der Waals surface area contributed by atoms with E-state index >= 15 is 0 Å². The van der Waals surface area contributed by atoms with Crippen molar-refractivity contribution in [1.29, 1.82) is 0 Å². The molecular weight excluding hydrogens is 270 g/mol. The Morgan fingerprint density at radius 3 is 2.86 bits per heavy atom. The van der Waals surface area contributed by atoms with Crippen LogP contribution in [0.25, 0.3) is 0 Å². The lowest BCUT2D eigenvalue weighted by molar-refractivity contribution is -0.385. The molecule has 6 nitrogen and oxygen atoms in total. The summed E-state index contributed by atoms with van der Waals surface area (Å²) in [6.07, 6.45) is 4.55. The van der Waals surface area contributed by atoms with Gasteiger partial charge >= 0.3 is 5.69 Å². The monoisotopic (exact) mass is 285 g/mol. The third-order valence-corrected chi connectivity index (χ3v) is 3.43. The Balaban J connectivity index is 1.90. The minimum absolute atomic E-state index is 0.0408. The molecule has 6 heteroatoms. The number of nitro groups is 1. The average Bonchev–Trinajstić information content (AvgIpc) is 3.32. The summed E-state index contributed by atoms with van der Waals surface area (Å²) in [7, 11) is 0. The normalized spacial score (nSPS) is 14.0. The standard InChI is InChI=1S/C15H15N3O3/c1-2-10-3-6-13(12(9-10)18(19)20)21-14-7-8-16-15(17-14)11-4-5-11/h3,6-9,11H,2,4-5H2,1H3. The van der Waals surface area contributed by atoms with Crippen LogP contribution >= 0.6 is 0 Å². The summed E-state index contributed by atoms with van der Waals surface area (Å²) in [6.45, 7) is 1.95. The van der Waals surface area contributed by atoms with E-state index in [1.807, 2.05) is 13.0 Å². The van der Waals surface area contributed by atoms with Gasteiger partial charge in [0.1, 0.15) is 5.82 Å². The van der Waals surface area contributed by atoms with Crippen LogP contribution in [0.1, 0.15) is 37.1 Å². The van der Waals surface area contributed by atoms with Gasteiger partial charge in [-0.2, -0.15) is 4.98 Å². The van der Waals surface area contributed by atoms with E-state index in [0.29, 0.717) is 11.8 Å². The second-order valence-electron chi connectivity index (χ2n) is 5.04. The Bertz CT molecular complexity index is 684. The highest BCUT2D eigenvalue weighted by molar-refractivity contribution is 5.50. The van der Waals surface area contributed by atoms with Gasteiger partial charge < -0.3 is 4.74 Å². The van der Waals surface area contributed by atoms with Crippen molar-refractivity contribution in [2.24, 2.45) is 0 Å². The maximum absolute atomic E-state index is 11.2. The van der Waals surface area contributed by atoms with Crippen LogP contribution in [0, 0.1) is 10.1 Å². The van der Waals surface area contributed by atoms with Gasteiger partial charge in [0, 0.05) is 24.2 Å². The van der Waals surface area contributed by atoms with Crippen molar-refractivity contribution in [2.45, 2.75) is 32.1 Å². The Morgan fingerprint density at radius 1 is 1.38 bits per heavy atom. The Labute approximate surface area is 122 Å². The van der Waals surface area contributed by atoms with Crippen LogP contribution in [0.3, 0.4) is 0 Å². The number of nitrogens with zero attached hydrogens (tertiary/aromatic N) is 3. The average molecular weight is 285 g/mol. The molecule has 1 aliphatic rings. The number of nitro benzene ring substituents is 1. The smallest absolute Gasteiger partial charge is 0.311 e. The molecule has 0 N–H and O–H groups in total. The summed E-state index contributed by atoms with van der Waals surface area (Å²) in [5, 5.41) is 11.2. The fraction of sp³-hybridized carbons (Fsp3) is 0.333. The van der Waals surface area contributed by atoms with Crippen molar-refractivity contribution in [1.82, 2.24) is 9.97 Å². The van der Waals surface area contributed by atoms with Crippen molar-refractivity contribution >= 4 is 5.69 Å². The molecule has 1 aliphatic carbocycles. The molecule has 0 atom stereocenters. The number of benzene rings is 1. The fourth-order valence-electron chi connectivity index (χ4n) is 2.08. The molecule has 0 radical (unpaired) electrons. The summed E-state index contributed by atoms with van der Waals surface area (Å²) in [5.41, 5.74) is 0.858. The Kier molecular flexibility index (Phi) is 3.51. The lowest BCUT2D eigenvalue weighted by Gasteiger charge is -2.07. The molecule has 1 saturated carbocycles. The van der Waals surface area contributed by atoms with Gasteiger partial charge in [0.2, 0.25) is 11.6 Å². The summed E-state index contributed by atoms with van der Waals surface area (Å²) < 4.78 is 5.60. The zero-order chi connectivity index (χ0) is 14.8. The van der Waals surface area contributed by atoms with Gasteiger partial charge in [-0.3, -0.25) is 10.1 Å². The first kappa shape index (κ1) is 13.5. The molecule has 0 spiro atoms. The molecule has 0 bridgehead atoms. The molecule has 108 valence electrons. The molecular formula is C15H15N3O3. The van der Waals surface area contributed by atoms with Gasteiger partial charge in [0.05, 0.1) is 4.92 Å². The third-order valence-electron chi connectivity index (χ3n) is 3.43. The second-order valence-corrected chi connectivity index (χ2v) is 5.04. The Morgan fingerprint density at radius 2 is 2.19 bits per heavy atom. The number of aromatic nitrogens is 2. The Hall–Kier alpha value is -2.50. The molecule has 0 amide bonds. The lowest BCUT2D eigenvalue weighted by Crippen LogP contribution is -1.98. The lowest BCUT2D eigenvalue weighted by atomic mass is 10.1. The van der Waals surface area contributed by atoms with E-state index in [0.717, 1.165) is 30.7 Å². The van der Waals surface area contributed by atoms with Gasteiger partial charge in [-0.05, 0) is 30.9 Å². The van der Waals surface area contributed by atoms with E-state index in [1.165, 1.54) is 0 Å². The topological polar surface area (TPSA) is 78.2 Å². The molecule has 2 aromatic rings. The van der Waals surface area contributed by atoms with Gasteiger partial charge in [0.15, 0.2) is 0 Å². The van der Waals surface area contributed by atoms with Crippen molar-refractivity contribution in [3.05, 3.63) is 52.0 Å². The summed E-state index contributed by atoms with van der Waals surface area (Å²) >= 11 is 0. The molecule has 0 unspecified atom stereocenters. The largest absolute Gasteiger partial charge is 0.432 e. The molecule has 1 heterocycles. The van der Waals surface area contributed by atoms with Gasteiger partial charge in [-0.15, -0.1) is 0 Å². The van der Waals surface area contributed by atoms with Crippen LogP contribution < -0.4 is 4.74 Å². The number of hydrogen-bond donors (Lipinski definition) is 0. The summed E-state index contributed by atoms with van der Waals surface area (Å²) in [6, 6.07) is 6.60. The predicted octanol–water partition coefficient (Wildman–Crippen LogP) is 3.62. The minimum Gasteiger partial charge on any atom is -0.432 e. The number of aryl methyl sites for hydroxylation is 1. The molecule has 0 aliphatic heterocycles. The zero-order valence-corrected chi connectivity index (χ0v) is 11.7. The van der Waals surface area contributed by atoms with E-state index in [2.05, 4.69) is 9.97 Å². The third kappa shape index (κ3) is 2.99. The molecule has 0 saturated heterocycles. The SMILES string of the molecule is CCc1ccc(Oc2ccnc(C3CC3)n2)c([N+](=O)[O-])c1. The van der Waals surface area contributed by atoms with Gasteiger partial charge in [-0.1, -0.05) is 13.0 Å². The number of rotatable bonds is 5. The van der Waals surface area contributed by atoms with Crippen LogP contribution in [0.2, 0.25) is 0 Å². The van der Waals surface area contributed by atoms with E-state index in [1.54, 1.807) is 24.4 Å². The van der Waals surface area contributed by atoms with E-state index < -0.39 is 4.92 Å². The van der Waals surface area contributed by atoms with Crippen LogP contribution in [0.5, 0.6) is 11.6 Å². The predicted molar refractivity (Wildman–Crippen MR) is 76.6 cm³/mol. The summed E-state index contributed by atoms with van der Waals surface area (Å²) in [5.74, 6) is 1.71. The first-order chi connectivity index (χ1) is 10.2. The van der Waals surface area contributed by atoms with E-state index in [-0.39, 0.29) is 11.4 Å². The van der Waals surface area contributed by atoms with Crippen LogP contribution in [-0.2, 0) is 6.42 Å². The maximum atomic E-state index is 11.2. The van der Waals surface area contributed by atoms with Crippen LogP contribution in [0.4, 0.5) is 5.69 Å². The molecule has 1 aromatic carbocycles. The van der Waals surface area contributed by atoms with Crippen molar-refractivity contribution in [3.8, 4) is 11.6 Å². The molecule has 3 rings (SSSR count). The quantitative estimate of drug-likeness (QED) is 0.619. The zero-order valence-electron chi connectivity index (χ0n) is 11.7. The highest BCUT2D eigenvalue weighted by Crippen LogP contribution is 2.39. The fourth-order valence-corrected chi connectivity index (χ4v) is 2.08. The molecule has 1 fully saturated rings. The first-order valence-electron chi connectivity index (χ1n) is 6.95. The minimum atomic E-state index is -0.433. The summed E-state index contributed by atoms with van der Waals surface area (Å²) in [4.78, 5) is 19.2. The highest BCUT2D eigenvalue weighted by atomic mass is 16.6. The van der Waals surface area contributed by atoms with Crippen molar-refractivity contribution in [3.63, 3.8) is 0 Å². The van der Waals surface area contributed by atoms with Crippen LogP contribution in [0.15, 0.2) is 30.5 Å². The maximum Gasteiger partial charge on any atom is 0.311 e. The van der Waals surface area contributed by atoms with Gasteiger partial charge in [-0.25, -0.2) is 4.98 Å². The van der Waals surface area contributed by atoms with E-state index in [4.69, 9.17) is 4.74 Å². The number of hydrogen-bond acceptors (Lipinski definition) is 5. The highest BCUT2D eigenvalue weighted by Gasteiger charge is 2.27. The second kappa shape index (κ2) is 5.47. The molecule has 21 heavy (non-hydrogen) atoms. The van der Waals surface area contributed by atoms with Crippen LogP contribution in [-0.4, -0.2) is 14.9 Å². The van der Waals surface area contributed by atoms with E-state index in [9.17, 15) is 10.1 Å².